The molecule has 1 saturated heterocycles. The number of benzene rings is 3. The highest BCUT2D eigenvalue weighted by molar-refractivity contribution is 6.00. The Kier molecular flexibility index (Phi) is 8.98. The van der Waals surface area contributed by atoms with Crippen LogP contribution >= 0.6 is 0 Å². The van der Waals surface area contributed by atoms with Gasteiger partial charge in [-0.05, 0) is 42.5 Å². The first-order valence-electron chi connectivity index (χ1n) is 16.1. The van der Waals surface area contributed by atoms with E-state index in [9.17, 15) is 9.59 Å². The number of rotatable bonds is 9. The molecular weight excluding hydrogens is 634 g/mol. The first-order chi connectivity index (χ1) is 24.5. The second kappa shape index (κ2) is 14.0. The van der Waals surface area contributed by atoms with E-state index in [0.29, 0.717) is 77.4 Å². The predicted octanol–water partition coefficient (Wildman–Crippen LogP) is 5.83. The van der Waals surface area contributed by atoms with Gasteiger partial charge in [0.1, 0.15) is 11.5 Å². The molecule has 0 spiro atoms. The van der Waals surface area contributed by atoms with Crippen LogP contribution in [0.3, 0.4) is 0 Å². The highest BCUT2D eigenvalue weighted by atomic mass is 16.5. The number of carbonyl (C=O) groups excluding carboxylic acids is 2. The third kappa shape index (κ3) is 6.26. The molecule has 0 aliphatic carbocycles. The molecule has 0 atom stereocenters. The number of fused-ring (bicyclic) bond motifs is 1. The highest BCUT2D eigenvalue weighted by Gasteiger charge is 2.29. The minimum Gasteiger partial charge on any atom is -0.493 e. The number of carbonyl (C=O) groups is 2. The lowest BCUT2D eigenvalue weighted by atomic mass is 10.1. The van der Waals surface area contributed by atoms with Crippen LogP contribution in [0.5, 0.6) is 17.2 Å². The van der Waals surface area contributed by atoms with Gasteiger partial charge in [-0.1, -0.05) is 48.5 Å². The summed E-state index contributed by atoms with van der Waals surface area (Å²) in [5.74, 6) is 1.46. The number of piperazine rings is 1. The quantitative estimate of drug-likeness (QED) is 0.203. The van der Waals surface area contributed by atoms with E-state index in [2.05, 4.69) is 10.3 Å². The fraction of sp³-hybridized carbons (Fsp3) is 0.184. The summed E-state index contributed by atoms with van der Waals surface area (Å²) in [5, 5.41) is 8.13. The third-order valence-corrected chi connectivity index (χ3v) is 8.61. The number of hydrogen-bond acceptors (Lipinski definition) is 9. The molecule has 3 aromatic heterocycles. The molecule has 6 aromatic rings. The molecule has 4 heterocycles. The zero-order valence-electron chi connectivity index (χ0n) is 27.9. The Morgan fingerprint density at radius 1 is 0.700 bits per heavy atom. The van der Waals surface area contributed by atoms with E-state index in [1.54, 1.807) is 60.0 Å². The topological polar surface area (TPSA) is 123 Å². The molecule has 0 radical (unpaired) electrons. The van der Waals surface area contributed by atoms with Crippen LogP contribution in [0.15, 0.2) is 103 Å². The second-order valence-corrected chi connectivity index (χ2v) is 11.6. The fourth-order valence-corrected chi connectivity index (χ4v) is 6.05. The molecule has 12 nitrogen and oxygen atoms in total. The standard InChI is InChI=1S/C38H35N7O5/c1-48-32-21-26(22-33(49-2)35(32)50-3)31-23-30(41-34-24-29(42-45(31)34)25-11-6-4-7-12-25)38(47)44-19-17-43(18-20-44)37(46)28-15-10-16-39-36(28)40-27-13-8-5-9-14-27/h4-16,21-24H,17-20H2,1-3H3,(H,39,40). The average Bonchev–Trinajstić information content (AvgIpc) is 3.62. The molecule has 3 aromatic carbocycles. The summed E-state index contributed by atoms with van der Waals surface area (Å²) in [5.41, 5.74) is 4.98. The summed E-state index contributed by atoms with van der Waals surface area (Å²) in [7, 11) is 4.66. The number of nitrogens with zero attached hydrogens (tertiary/aromatic N) is 6. The number of nitrogens with one attached hydrogen (secondary N) is 1. The van der Waals surface area contributed by atoms with E-state index in [4.69, 9.17) is 24.3 Å². The number of amides is 2. The molecule has 1 aliphatic heterocycles. The van der Waals surface area contributed by atoms with Crippen LogP contribution in [0.2, 0.25) is 0 Å². The molecular formula is C38H35N7O5. The Hall–Kier alpha value is -6.43. The Balaban J connectivity index is 1.18. The first-order valence-corrected chi connectivity index (χ1v) is 16.1. The van der Waals surface area contributed by atoms with E-state index in [1.807, 2.05) is 78.9 Å². The molecule has 252 valence electrons. The van der Waals surface area contributed by atoms with Gasteiger partial charge in [0.15, 0.2) is 17.1 Å². The Labute approximate surface area is 288 Å². The lowest BCUT2D eigenvalue weighted by molar-refractivity contribution is 0.0533. The summed E-state index contributed by atoms with van der Waals surface area (Å²) in [4.78, 5) is 40.4. The van der Waals surface area contributed by atoms with Crippen molar-refractivity contribution in [3.8, 4) is 39.8 Å². The van der Waals surface area contributed by atoms with Gasteiger partial charge >= 0.3 is 0 Å². The molecule has 0 saturated carbocycles. The van der Waals surface area contributed by atoms with Crippen LogP contribution in [0.1, 0.15) is 20.8 Å². The normalized spacial score (nSPS) is 12.9. The van der Waals surface area contributed by atoms with Crippen LogP contribution < -0.4 is 19.5 Å². The van der Waals surface area contributed by atoms with Crippen molar-refractivity contribution in [1.82, 2.24) is 29.4 Å². The zero-order chi connectivity index (χ0) is 34.6. The molecule has 0 bridgehead atoms. The van der Waals surface area contributed by atoms with Gasteiger partial charge in [-0.3, -0.25) is 9.59 Å². The highest BCUT2D eigenvalue weighted by Crippen LogP contribution is 2.41. The third-order valence-electron chi connectivity index (χ3n) is 8.61. The van der Waals surface area contributed by atoms with E-state index < -0.39 is 0 Å². The first kappa shape index (κ1) is 32.1. The summed E-state index contributed by atoms with van der Waals surface area (Å²) in [6.45, 7) is 1.40. The molecule has 1 aliphatic rings. The summed E-state index contributed by atoms with van der Waals surface area (Å²) in [6.07, 6.45) is 1.65. The van der Waals surface area contributed by atoms with Gasteiger partial charge in [-0.15, -0.1) is 0 Å². The van der Waals surface area contributed by atoms with Crippen molar-refractivity contribution in [3.63, 3.8) is 0 Å². The van der Waals surface area contributed by atoms with Crippen molar-refractivity contribution in [1.29, 1.82) is 0 Å². The van der Waals surface area contributed by atoms with Gasteiger partial charge in [-0.25, -0.2) is 14.5 Å². The summed E-state index contributed by atoms with van der Waals surface area (Å²) >= 11 is 0. The lowest BCUT2D eigenvalue weighted by Crippen LogP contribution is -2.50. The van der Waals surface area contributed by atoms with E-state index in [1.165, 1.54) is 0 Å². The number of pyridine rings is 1. The average molecular weight is 670 g/mol. The molecule has 2 amide bonds. The minimum absolute atomic E-state index is 0.152. The van der Waals surface area contributed by atoms with Crippen molar-refractivity contribution in [3.05, 3.63) is 115 Å². The number of anilines is 2. The lowest BCUT2D eigenvalue weighted by Gasteiger charge is -2.35. The molecule has 1 fully saturated rings. The Morgan fingerprint density at radius 2 is 1.34 bits per heavy atom. The SMILES string of the molecule is COc1cc(-c2cc(C(=O)N3CCN(C(=O)c4cccnc4Nc4ccccc4)CC3)nc3cc(-c4ccccc4)nn23)cc(OC)c1OC. The predicted molar refractivity (Wildman–Crippen MR) is 189 cm³/mol. The van der Waals surface area contributed by atoms with Gasteiger partial charge in [0, 0.05) is 55.3 Å². The number of para-hydroxylation sites is 1. The van der Waals surface area contributed by atoms with E-state index in [-0.39, 0.29) is 17.5 Å². The number of methoxy groups -OCH3 is 3. The van der Waals surface area contributed by atoms with Crippen LogP contribution in [-0.2, 0) is 0 Å². The minimum atomic E-state index is -0.247. The largest absolute Gasteiger partial charge is 0.493 e. The van der Waals surface area contributed by atoms with Crippen LogP contribution in [-0.4, -0.2) is 88.7 Å². The number of aromatic nitrogens is 4. The monoisotopic (exact) mass is 669 g/mol. The van der Waals surface area contributed by atoms with Crippen molar-refractivity contribution in [2.24, 2.45) is 0 Å². The van der Waals surface area contributed by atoms with Crippen molar-refractivity contribution < 1.29 is 23.8 Å². The molecule has 12 heteroatoms. The smallest absolute Gasteiger partial charge is 0.272 e. The van der Waals surface area contributed by atoms with Crippen LogP contribution in [0, 0.1) is 0 Å². The van der Waals surface area contributed by atoms with Crippen molar-refractivity contribution >= 4 is 29.0 Å². The van der Waals surface area contributed by atoms with Gasteiger partial charge < -0.3 is 29.3 Å². The van der Waals surface area contributed by atoms with Gasteiger partial charge in [0.2, 0.25) is 5.75 Å². The summed E-state index contributed by atoms with van der Waals surface area (Å²) in [6, 6.07) is 30.1. The molecule has 1 N–H and O–H groups in total. The maximum absolute atomic E-state index is 14.1. The van der Waals surface area contributed by atoms with E-state index >= 15 is 0 Å². The maximum Gasteiger partial charge on any atom is 0.272 e. The molecule has 0 unspecified atom stereocenters. The van der Waals surface area contributed by atoms with Gasteiger partial charge in [-0.2, -0.15) is 5.10 Å². The maximum atomic E-state index is 14.1. The second-order valence-electron chi connectivity index (χ2n) is 11.6. The van der Waals surface area contributed by atoms with Crippen LogP contribution in [0.25, 0.3) is 28.2 Å². The van der Waals surface area contributed by atoms with Gasteiger partial charge in [0.25, 0.3) is 11.8 Å². The van der Waals surface area contributed by atoms with E-state index in [0.717, 1.165) is 11.3 Å². The molecule has 7 rings (SSSR count). The van der Waals surface area contributed by atoms with Crippen molar-refractivity contribution in [2.45, 2.75) is 0 Å². The van der Waals surface area contributed by atoms with Crippen molar-refractivity contribution in [2.75, 3.05) is 52.8 Å². The molecule has 50 heavy (non-hydrogen) atoms. The zero-order valence-corrected chi connectivity index (χ0v) is 27.9. The Morgan fingerprint density at radius 3 is 1.98 bits per heavy atom. The number of hydrogen-bond donors (Lipinski definition) is 1. The van der Waals surface area contributed by atoms with Crippen LogP contribution in [0.4, 0.5) is 11.5 Å². The number of ether oxygens (including phenoxy) is 3. The Bertz CT molecular complexity index is 2140. The summed E-state index contributed by atoms with van der Waals surface area (Å²) < 4.78 is 18.5. The fourth-order valence-electron chi connectivity index (χ4n) is 6.05. The van der Waals surface area contributed by atoms with Gasteiger partial charge in [0.05, 0.1) is 38.3 Å².